The first-order valence-electron chi connectivity index (χ1n) is 14.2. The normalized spacial score (nSPS) is 23.4. The summed E-state index contributed by atoms with van der Waals surface area (Å²) in [6.45, 7) is 6.53. The van der Waals surface area contributed by atoms with Crippen molar-refractivity contribution in [2.75, 3.05) is 70.2 Å². The molecule has 2 N–H and O–H groups in total. The monoisotopic (exact) mass is 616 g/mol. The average Bonchev–Trinajstić information content (AvgIpc) is 3.60. The van der Waals surface area contributed by atoms with Gasteiger partial charge >= 0.3 is 0 Å². The lowest BCUT2D eigenvalue weighted by Crippen LogP contribution is -2.47. The minimum atomic E-state index is -3.17. The Hall–Kier alpha value is -2.95. The number of thiophene rings is 1. The summed E-state index contributed by atoms with van der Waals surface area (Å²) in [4.78, 5) is 27.4. The van der Waals surface area contributed by atoms with Crippen LogP contribution in [0.5, 0.6) is 0 Å². The van der Waals surface area contributed by atoms with Gasteiger partial charge in [-0.25, -0.2) is 23.9 Å². The molecule has 226 valence electrons. The van der Waals surface area contributed by atoms with Crippen LogP contribution in [0.3, 0.4) is 0 Å². The summed E-state index contributed by atoms with van der Waals surface area (Å²) in [5, 5.41) is 15.4. The maximum Gasteiger partial charge on any atom is 0.243 e. The minimum Gasteiger partial charge on any atom is -0.378 e. The highest BCUT2D eigenvalue weighted by molar-refractivity contribution is 7.88. The molecule has 0 bridgehead atoms. The van der Waals surface area contributed by atoms with Crippen LogP contribution in [0.25, 0.3) is 15.8 Å². The molecule has 1 amide bonds. The molecule has 6 rings (SSSR count). The number of carbonyl (C=O) groups is 1. The van der Waals surface area contributed by atoms with E-state index in [4.69, 9.17) is 19.9 Å². The Bertz CT molecular complexity index is 1510. The number of hydrazone groups is 1. The summed E-state index contributed by atoms with van der Waals surface area (Å²) < 4.78 is 32.1. The molecule has 13 nitrogen and oxygen atoms in total. The number of nitrogens with one attached hydrogen (secondary N) is 1. The standard InChI is InChI=1S/C27H36N8O5S2/c1-42(38,39)34-10-8-32(9-11-34)18-19-16-22-25(41-19)27(33-12-14-40-15-13-33)30-26(29-22)20-4-2-5-23-21(20)17-28-35(23)7-3-6-24(36)31-37/h2,4-5,16-17,21,23,37H,3,6-15,18H2,1H3,(H,31,36). The molecule has 4 aliphatic rings. The molecule has 1 aliphatic carbocycles. The van der Waals surface area contributed by atoms with Crippen LogP contribution < -0.4 is 10.4 Å². The molecule has 0 radical (unpaired) electrons. The highest BCUT2D eigenvalue weighted by Crippen LogP contribution is 2.38. The summed E-state index contributed by atoms with van der Waals surface area (Å²) in [7, 11) is -3.17. The molecule has 2 fully saturated rings. The maximum absolute atomic E-state index is 11.9. The van der Waals surface area contributed by atoms with Crippen molar-refractivity contribution in [3.8, 4) is 0 Å². The number of rotatable bonds is 9. The van der Waals surface area contributed by atoms with Crippen molar-refractivity contribution in [3.05, 3.63) is 35.0 Å². The van der Waals surface area contributed by atoms with Gasteiger partial charge in [-0.3, -0.25) is 19.9 Å². The summed E-state index contributed by atoms with van der Waals surface area (Å²) in [5.41, 5.74) is 3.59. The van der Waals surface area contributed by atoms with Gasteiger partial charge in [0, 0.05) is 75.4 Å². The van der Waals surface area contributed by atoms with Crippen LogP contribution >= 0.6 is 11.3 Å². The number of hydrogen-bond donors (Lipinski definition) is 2. The van der Waals surface area contributed by atoms with E-state index >= 15 is 0 Å². The van der Waals surface area contributed by atoms with Gasteiger partial charge in [-0.15, -0.1) is 11.3 Å². The summed E-state index contributed by atoms with van der Waals surface area (Å²) >= 11 is 1.71. The lowest BCUT2D eigenvalue weighted by Gasteiger charge is -2.32. The molecule has 0 saturated carbocycles. The first-order valence-corrected chi connectivity index (χ1v) is 16.9. The number of aromatic nitrogens is 2. The highest BCUT2D eigenvalue weighted by Gasteiger charge is 2.35. The topological polar surface area (TPSA) is 144 Å². The zero-order valence-corrected chi connectivity index (χ0v) is 25.2. The van der Waals surface area contributed by atoms with Crippen molar-refractivity contribution < 1.29 is 23.2 Å². The van der Waals surface area contributed by atoms with Crippen LogP contribution in [-0.4, -0.2) is 121 Å². The number of morpholine rings is 1. The van der Waals surface area contributed by atoms with Gasteiger partial charge in [0.25, 0.3) is 0 Å². The Balaban J connectivity index is 1.24. The quantitative estimate of drug-likeness (QED) is 0.311. The zero-order valence-electron chi connectivity index (χ0n) is 23.6. The second kappa shape index (κ2) is 12.3. The molecule has 2 aromatic rings. The highest BCUT2D eigenvalue weighted by atomic mass is 32.2. The third-order valence-electron chi connectivity index (χ3n) is 8.10. The average molecular weight is 617 g/mol. The maximum atomic E-state index is 11.9. The van der Waals surface area contributed by atoms with Crippen LogP contribution in [-0.2, 0) is 26.1 Å². The number of amides is 1. The third kappa shape index (κ3) is 6.21. The van der Waals surface area contributed by atoms with Crippen molar-refractivity contribution in [1.29, 1.82) is 0 Å². The van der Waals surface area contributed by atoms with E-state index in [9.17, 15) is 13.2 Å². The van der Waals surface area contributed by atoms with Crippen molar-refractivity contribution in [3.63, 3.8) is 0 Å². The molecular formula is C27H36N8O5S2. The molecule has 0 aromatic carbocycles. The number of piperazine rings is 1. The minimum absolute atomic E-state index is 0.0111. The number of ether oxygens (including phenoxy) is 1. The molecule has 15 heteroatoms. The van der Waals surface area contributed by atoms with Gasteiger partial charge in [0.2, 0.25) is 15.9 Å². The van der Waals surface area contributed by atoms with Crippen molar-refractivity contribution in [2.45, 2.75) is 25.4 Å². The van der Waals surface area contributed by atoms with E-state index in [1.165, 1.54) is 11.1 Å². The van der Waals surface area contributed by atoms with E-state index in [2.05, 4.69) is 33.1 Å². The molecule has 2 atom stereocenters. The number of hydrogen-bond acceptors (Lipinski definition) is 12. The predicted molar refractivity (Wildman–Crippen MR) is 161 cm³/mol. The van der Waals surface area contributed by atoms with Gasteiger partial charge in [0.05, 0.1) is 41.6 Å². The first-order chi connectivity index (χ1) is 20.3. The molecule has 42 heavy (non-hydrogen) atoms. The van der Waals surface area contributed by atoms with Crippen LogP contribution in [0, 0.1) is 5.92 Å². The number of fused-ring (bicyclic) bond motifs is 2. The fourth-order valence-corrected chi connectivity index (χ4v) is 7.85. The second-order valence-corrected chi connectivity index (χ2v) is 14.0. The second-order valence-electron chi connectivity index (χ2n) is 10.9. The molecular weight excluding hydrogens is 580 g/mol. The van der Waals surface area contributed by atoms with Crippen LogP contribution in [0.15, 0.2) is 29.4 Å². The Morgan fingerprint density at radius 2 is 1.95 bits per heavy atom. The summed E-state index contributed by atoms with van der Waals surface area (Å²) in [6, 6.07) is 2.16. The van der Waals surface area contributed by atoms with E-state index in [-0.39, 0.29) is 18.4 Å². The summed E-state index contributed by atoms with van der Waals surface area (Å²) in [6.07, 6.45) is 10.2. The molecule has 0 spiro atoms. The Morgan fingerprint density at radius 3 is 2.69 bits per heavy atom. The van der Waals surface area contributed by atoms with E-state index in [0.29, 0.717) is 58.2 Å². The Labute approximate surface area is 249 Å². The largest absolute Gasteiger partial charge is 0.378 e. The smallest absolute Gasteiger partial charge is 0.243 e. The van der Waals surface area contributed by atoms with Crippen molar-refractivity contribution >= 4 is 55.1 Å². The first kappa shape index (κ1) is 29.1. The SMILES string of the molecule is CS(=O)(=O)N1CCN(Cc2cc3nc(C4=CC=CC5C4C=NN5CCCC(=O)NO)nc(N4CCOCC4)c3s2)CC1. The van der Waals surface area contributed by atoms with Crippen LogP contribution in [0.1, 0.15) is 23.5 Å². The number of carbonyl (C=O) groups excluding carboxylic acids is 1. The molecule has 2 unspecified atom stereocenters. The van der Waals surface area contributed by atoms with Gasteiger partial charge in [-0.1, -0.05) is 18.2 Å². The lowest BCUT2D eigenvalue weighted by atomic mass is 9.88. The van der Waals surface area contributed by atoms with E-state index < -0.39 is 15.9 Å². The molecule has 3 aliphatic heterocycles. The molecule has 2 aromatic heterocycles. The van der Waals surface area contributed by atoms with E-state index in [0.717, 1.165) is 41.2 Å². The van der Waals surface area contributed by atoms with Crippen molar-refractivity contribution in [1.82, 2.24) is 29.7 Å². The Kier molecular flexibility index (Phi) is 8.56. The number of allylic oxidation sites excluding steroid dienone is 2. The zero-order chi connectivity index (χ0) is 29.3. The van der Waals surface area contributed by atoms with Gasteiger partial charge in [0.15, 0.2) is 11.6 Å². The lowest BCUT2D eigenvalue weighted by molar-refractivity contribution is -0.129. The van der Waals surface area contributed by atoms with E-state index in [1.807, 2.05) is 17.3 Å². The van der Waals surface area contributed by atoms with Gasteiger partial charge in [-0.2, -0.15) is 9.41 Å². The van der Waals surface area contributed by atoms with Crippen molar-refractivity contribution in [2.24, 2.45) is 11.0 Å². The van der Waals surface area contributed by atoms with Gasteiger partial charge < -0.3 is 9.64 Å². The van der Waals surface area contributed by atoms with E-state index in [1.54, 1.807) is 21.1 Å². The molecule has 5 heterocycles. The van der Waals surface area contributed by atoms with Crippen LogP contribution in [0.4, 0.5) is 5.82 Å². The number of nitrogens with zero attached hydrogens (tertiary/aromatic N) is 7. The molecule has 2 saturated heterocycles. The third-order valence-corrected chi connectivity index (χ3v) is 10.5. The predicted octanol–water partition coefficient (Wildman–Crippen LogP) is 1.13. The number of hydroxylamine groups is 1. The van der Waals surface area contributed by atoms with Gasteiger partial charge in [0.1, 0.15) is 0 Å². The fourth-order valence-electron chi connectivity index (χ4n) is 5.86. The Morgan fingerprint density at radius 1 is 1.17 bits per heavy atom. The van der Waals surface area contributed by atoms with Gasteiger partial charge in [-0.05, 0) is 12.5 Å². The number of anilines is 1. The summed E-state index contributed by atoms with van der Waals surface area (Å²) in [5.74, 6) is 1.19. The van der Waals surface area contributed by atoms with Crippen LogP contribution in [0.2, 0.25) is 0 Å². The fraction of sp³-hybridized carbons (Fsp3) is 0.556. The number of sulfonamides is 1.